The van der Waals surface area contributed by atoms with Gasteiger partial charge in [-0.1, -0.05) is 23.7 Å². The molecular weight excluding hydrogens is 288 g/mol. The fraction of sp³-hybridized carbons (Fsp3) is 0.562. The van der Waals surface area contributed by atoms with E-state index in [4.69, 9.17) is 16.3 Å². The van der Waals surface area contributed by atoms with Gasteiger partial charge in [0.15, 0.2) is 0 Å². The van der Waals surface area contributed by atoms with Crippen molar-refractivity contribution in [1.82, 2.24) is 10.6 Å². The zero-order chi connectivity index (χ0) is 15.9. The number of ether oxygens (including phenoxy) is 1. The standard InChI is InChI=1S/C16H25ClN2O2/c1-5-18-14(20)9-10-21-15-12(7-6-8-13(15)17)11-19-16(2,3)4/h6-8,19H,5,9-11H2,1-4H3,(H,18,20). The smallest absolute Gasteiger partial charge is 0.223 e. The van der Waals surface area contributed by atoms with Gasteiger partial charge in [-0.15, -0.1) is 0 Å². The van der Waals surface area contributed by atoms with Gasteiger partial charge in [-0.05, 0) is 33.8 Å². The van der Waals surface area contributed by atoms with E-state index in [1.165, 1.54) is 0 Å². The number of para-hydroxylation sites is 1. The van der Waals surface area contributed by atoms with E-state index in [0.29, 0.717) is 36.9 Å². The Morgan fingerprint density at radius 2 is 2.05 bits per heavy atom. The molecule has 0 unspecified atom stereocenters. The van der Waals surface area contributed by atoms with Gasteiger partial charge in [0.2, 0.25) is 5.91 Å². The Kier molecular flexibility index (Phi) is 6.99. The fourth-order valence-corrected chi connectivity index (χ4v) is 1.99. The van der Waals surface area contributed by atoms with E-state index >= 15 is 0 Å². The van der Waals surface area contributed by atoms with Crippen molar-refractivity contribution in [1.29, 1.82) is 0 Å². The summed E-state index contributed by atoms with van der Waals surface area (Å²) in [6.07, 6.45) is 0.325. The van der Waals surface area contributed by atoms with Crippen LogP contribution in [0.15, 0.2) is 18.2 Å². The molecule has 0 aliphatic rings. The number of carbonyl (C=O) groups is 1. The molecular formula is C16H25ClN2O2. The van der Waals surface area contributed by atoms with E-state index in [1.807, 2.05) is 19.1 Å². The molecule has 1 aromatic rings. The molecule has 0 aromatic heterocycles. The molecule has 0 saturated carbocycles. The minimum Gasteiger partial charge on any atom is -0.491 e. The average Bonchev–Trinajstić information content (AvgIpc) is 2.38. The molecule has 21 heavy (non-hydrogen) atoms. The van der Waals surface area contributed by atoms with E-state index < -0.39 is 0 Å². The third-order valence-electron chi connectivity index (χ3n) is 2.81. The summed E-state index contributed by atoms with van der Waals surface area (Å²) in [7, 11) is 0. The number of carbonyl (C=O) groups excluding carboxylic acids is 1. The van der Waals surface area contributed by atoms with Crippen molar-refractivity contribution in [3.8, 4) is 5.75 Å². The second kappa shape index (κ2) is 8.25. The Hall–Kier alpha value is -1.26. The molecule has 0 fully saturated rings. The first kappa shape index (κ1) is 17.8. The number of hydrogen-bond acceptors (Lipinski definition) is 3. The first-order chi connectivity index (χ1) is 9.83. The quantitative estimate of drug-likeness (QED) is 0.813. The predicted octanol–water partition coefficient (Wildman–Crippen LogP) is 3.13. The first-order valence-electron chi connectivity index (χ1n) is 7.25. The maximum atomic E-state index is 11.4. The predicted molar refractivity (Wildman–Crippen MR) is 86.8 cm³/mol. The van der Waals surface area contributed by atoms with Gasteiger partial charge in [0, 0.05) is 24.2 Å². The van der Waals surface area contributed by atoms with Gasteiger partial charge in [0.1, 0.15) is 5.75 Å². The molecule has 0 aliphatic heterocycles. The average molecular weight is 313 g/mol. The molecule has 0 bridgehead atoms. The van der Waals surface area contributed by atoms with Crippen LogP contribution in [0.5, 0.6) is 5.75 Å². The second-order valence-electron chi connectivity index (χ2n) is 5.88. The summed E-state index contributed by atoms with van der Waals surface area (Å²) in [5.41, 5.74) is 1.01. The highest BCUT2D eigenvalue weighted by molar-refractivity contribution is 6.32. The normalized spacial score (nSPS) is 11.3. The molecule has 0 spiro atoms. The Bertz CT molecular complexity index is 470. The van der Waals surface area contributed by atoms with Crippen LogP contribution in [0.1, 0.15) is 39.7 Å². The Morgan fingerprint density at radius 3 is 2.67 bits per heavy atom. The van der Waals surface area contributed by atoms with E-state index in [9.17, 15) is 4.79 Å². The SMILES string of the molecule is CCNC(=O)CCOc1c(Cl)cccc1CNC(C)(C)C. The fourth-order valence-electron chi connectivity index (χ4n) is 1.75. The lowest BCUT2D eigenvalue weighted by Crippen LogP contribution is -2.35. The maximum absolute atomic E-state index is 11.4. The van der Waals surface area contributed by atoms with Crippen LogP contribution >= 0.6 is 11.6 Å². The molecule has 5 heteroatoms. The van der Waals surface area contributed by atoms with Gasteiger partial charge in [-0.2, -0.15) is 0 Å². The van der Waals surface area contributed by atoms with Gasteiger partial charge in [-0.3, -0.25) is 4.79 Å². The van der Waals surface area contributed by atoms with Crippen molar-refractivity contribution in [2.45, 2.75) is 46.2 Å². The molecule has 2 N–H and O–H groups in total. The van der Waals surface area contributed by atoms with Gasteiger partial charge in [0.05, 0.1) is 18.1 Å². The number of hydrogen-bond donors (Lipinski definition) is 2. The van der Waals surface area contributed by atoms with Crippen molar-refractivity contribution in [3.05, 3.63) is 28.8 Å². The van der Waals surface area contributed by atoms with Gasteiger partial charge in [-0.25, -0.2) is 0 Å². The third-order valence-corrected chi connectivity index (χ3v) is 3.10. The Labute approximate surface area is 132 Å². The lowest BCUT2D eigenvalue weighted by Gasteiger charge is -2.22. The van der Waals surface area contributed by atoms with Crippen molar-refractivity contribution < 1.29 is 9.53 Å². The van der Waals surface area contributed by atoms with E-state index in [-0.39, 0.29) is 11.4 Å². The summed E-state index contributed by atoms with van der Waals surface area (Å²) in [6.45, 7) is 9.82. The Balaban J connectivity index is 2.65. The van der Waals surface area contributed by atoms with Crippen molar-refractivity contribution in [2.24, 2.45) is 0 Å². The van der Waals surface area contributed by atoms with E-state index in [2.05, 4.69) is 31.4 Å². The molecule has 0 aliphatic carbocycles. The zero-order valence-corrected chi connectivity index (χ0v) is 14.0. The van der Waals surface area contributed by atoms with Crippen LogP contribution < -0.4 is 15.4 Å². The molecule has 1 amide bonds. The Morgan fingerprint density at radius 1 is 1.33 bits per heavy atom. The number of benzene rings is 1. The van der Waals surface area contributed by atoms with Crippen molar-refractivity contribution in [2.75, 3.05) is 13.2 Å². The molecule has 1 aromatic carbocycles. The largest absolute Gasteiger partial charge is 0.491 e. The number of halogens is 1. The molecule has 118 valence electrons. The van der Waals surface area contributed by atoms with Crippen LogP contribution in [-0.2, 0) is 11.3 Å². The van der Waals surface area contributed by atoms with E-state index in [0.717, 1.165) is 5.56 Å². The van der Waals surface area contributed by atoms with Gasteiger partial charge < -0.3 is 15.4 Å². The topological polar surface area (TPSA) is 50.4 Å². The van der Waals surface area contributed by atoms with Crippen molar-refractivity contribution >= 4 is 17.5 Å². The van der Waals surface area contributed by atoms with E-state index in [1.54, 1.807) is 6.07 Å². The van der Waals surface area contributed by atoms with Crippen LogP contribution in [0.25, 0.3) is 0 Å². The molecule has 0 atom stereocenters. The lowest BCUT2D eigenvalue weighted by molar-refractivity contribution is -0.121. The molecule has 1 rings (SSSR count). The summed E-state index contributed by atoms with van der Waals surface area (Å²) in [5.74, 6) is 0.638. The summed E-state index contributed by atoms with van der Waals surface area (Å²) >= 11 is 6.20. The highest BCUT2D eigenvalue weighted by atomic mass is 35.5. The van der Waals surface area contributed by atoms with Crippen LogP contribution in [0.4, 0.5) is 0 Å². The summed E-state index contributed by atoms with van der Waals surface area (Å²) < 4.78 is 5.72. The monoisotopic (exact) mass is 312 g/mol. The number of rotatable bonds is 7. The van der Waals surface area contributed by atoms with Crippen LogP contribution in [-0.4, -0.2) is 24.6 Å². The van der Waals surface area contributed by atoms with Crippen LogP contribution in [0, 0.1) is 0 Å². The summed E-state index contributed by atoms with van der Waals surface area (Å²) in [4.78, 5) is 11.4. The molecule has 0 heterocycles. The molecule has 0 radical (unpaired) electrons. The summed E-state index contributed by atoms with van der Waals surface area (Å²) in [6, 6.07) is 5.67. The number of nitrogens with one attached hydrogen (secondary N) is 2. The minimum atomic E-state index is -0.0149. The number of amides is 1. The highest BCUT2D eigenvalue weighted by Gasteiger charge is 2.13. The molecule has 0 saturated heterocycles. The highest BCUT2D eigenvalue weighted by Crippen LogP contribution is 2.29. The third kappa shape index (κ3) is 6.82. The van der Waals surface area contributed by atoms with Crippen LogP contribution in [0.2, 0.25) is 5.02 Å². The second-order valence-corrected chi connectivity index (χ2v) is 6.29. The zero-order valence-electron chi connectivity index (χ0n) is 13.3. The van der Waals surface area contributed by atoms with Crippen LogP contribution in [0.3, 0.4) is 0 Å². The lowest BCUT2D eigenvalue weighted by atomic mass is 10.1. The van der Waals surface area contributed by atoms with Crippen molar-refractivity contribution in [3.63, 3.8) is 0 Å². The summed E-state index contributed by atoms with van der Waals surface area (Å²) in [5, 5.41) is 6.72. The van der Waals surface area contributed by atoms with Gasteiger partial charge in [0.25, 0.3) is 0 Å². The van der Waals surface area contributed by atoms with Gasteiger partial charge >= 0.3 is 0 Å². The molecule has 4 nitrogen and oxygen atoms in total. The first-order valence-corrected chi connectivity index (χ1v) is 7.63. The maximum Gasteiger partial charge on any atom is 0.223 e. The minimum absolute atomic E-state index is 0.0145.